The zero-order chi connectivity index (χ0) is 14.7. The largest absolute Gasteiger partial charge is 0.493 e. The second kappa shape index (κ2) is 5.51. The highest BCUT2D eigenvalue weighted by atomic mass is 16.5. The van der Waals surface area contributed by atoms with Gasteiger partial charge in [0.2, 0.25) is 0 Å². The van der Waals surface area contributed by atoms with Crippen molar-refractivity contribution in [2.45, 2.75) is 0 Å². The first-order valence-corrected chi connectivity index (χ1v) is 6.23. The summed E-state index contributed by atoms with van der Waals surface area (Å²) in [6, 6.07) is 5.52. The lowest BCUT2D eigenvalue weighted by molar-refractivity contribution is 0.331. The van der Waals surface area contributed by atoms with Crippen LogP contribution in [-0.2, 0) is 0 Å². The van der Waals surface area contributed by atoms with Crippen LogP contribution in [-0.4, -0.2) is 33.9 Å². The topological polar surface area (TPSA) is 72.9 Å². The molecule has 0 aliphatic carbocycles. The minimum atomic E-state index is 0.192. The molecule has 0 saturated heterocycles. The van der Waals surface area contributed by atoms with Gasteiger partial charge in [-0.1, -0.05) is 5.92 Å². The third-order valence-electron chi connectivity index (χ3n) is 2.94. The highest BCUT2D eigenvalue weighted by Gasteiger charge is 2.10. The first kappa shape index (κ1) is 12.9. The van der Waals surface area contributed by atoms with Gasteiger partial charge in [0, 0.05) is 5.56 Å². The molecule has 0 unspecified atom stereocenters. The van der Waals surface area contributed by atoms with E-state index in [2.05, 4.69) is 26.1 Å². The minimum absolute atomic E-state index is 0.192. The summed E-state index contributed by atoms with van der Waals surface area (Å²) in [6.45, 7) is 0.192. The van der Waals surface area contributed by atoms with E-state index in [-0.39, 0.29) is 6.61 Å². The molecular formula is C15H12N4O2. The van der Waals surface area contributed by atoms with Crippen molar-refractivity contribution in [2.75, 3.05) is 13.7 Å². The van der Waals surface area contributed by atoms with Crippen LogP contribution in [0.5, 0.6) is 11.5 Å². The smallest absolute Gasteiger partial charge is 0.162 e. The summed E-state index contributed by atoms with van der Waals surface area (Å²) in [6.07, 6.45) is 8.43. The monoisotopic (exact) mass is 280 g/mol. The van der Waals surface area contributed by atoms with Crippen LogP contribution in [0.1, 0.15) is 0 Å². The predicted octanol–water partition coefficient (Wildman–Crippen LogP) is 2.04. The number of aromatic amines is 1. The van der Waals surface area contributed by atoms with Gasteiger partial charge < -0.3 is 14.5 Å². The van der Waals surface area contributed by atoms with Gasteiger partial charge in [0.05, 0.1) is 25.0 Å². The molecule has 0 atom stereocenters. The molecule has 0 aliphatic heterocycles. The van der Waals surface area contributed by atoms with E-state index < -0.39 is 0 Å². The first-order valence-electron chi connectivity index (χ1n) is 6.23. The zero-order valence-electron chi connectivity index (χ0n) is 11.3. The number of H-pyrrole nitrogens is 1. The van der Waals surface area contributed by atoms with Crippen LogP contribution >= 0.6 is 0 Å². The van der Waals surface area contributed by atoms with E-state index in [1.807, 2.05) is 12.1 Å². The Morgan fingerprint density at radius 1 is 1.24 bits per heavy atom. The number of hydrogen-bond donors (Lipinski definition) is 1. The molecule has 2 aromatic heterocycles. The van der Waals surface area contributed by atoms with Crippen molar-refractivity contribution in [3.05, 3.63) is 30.6 Å². The fraction of sp³-hybridized carbons (Fsp3) is 0.133. The molecule has 104 valence electrons. The molecule has 3 rings (SSSR count). The maximum absolute atomic E-state index is 5.42. The highest BCUT2D eigenvalue weighted by Crippen LogP contribution is 2.32. The third-order valence-corrected chi connectivity index (χ3v) is 2.94. The van der Waals surface area contributed by atoms with E-state index in [0.717, 1.165) is 16.6 Å². The van der Waals surface area contributed by atoms with Gasteiger partial charge >= 0.3 is 0 Å². The summed E-state index contributed by atoms with van der Waals surface area (Å²) in [5.74, 6) is 4.32. The normalized spacial score (nSPS) is 10.3. The van der Waals surface area contributed by atoms with Crippen LogP contribution in [0.2, 0.25) is 0 Å². The first-order chi connectivity index (χ1) is 10.3. The van der Waals surface area contributed by atoms with Gasteiger partial charge in [-0.3, -0.25) is 0 Å². The summed E-state index contributed by atoms with van der Waals surface area (Å²) in [4.78, 5) is 7.65. The van der Waals surface area contributed by atoms with Crippen LogP contribution in [0.15, 0.2) is 30.6 Å². The molecule has 1 aromatic carbocycles. The molecule has 2 heterocycles. The number of imidazole rings is 1. The zero-order valence-corrected chi connectivity index (χ0v) is 11.3. The van der Waals surface area contributed by atoms with Gasteiger partial charge in [0.15, 0.2) is 11.5 Å². The van der Waals surface area contributed by atoms with Crippen molar-refractivity contribution >= 4 is 11.0 Å². The number of benzene rings is 1. The van der Waals surface area contributed by atoms with E-state index >= 15 is 0 Å². The van der Waals surface area contributed by atoms with Crippen molar-refractivity contribution in [3.8, 4) is 35.2 Å². The van der Waals surface area contributed by atoms with E-state index in [9.17, 15) is 0 Å². The van der Waals surface area contributed by atoms with Crippen LogP contribution in [0.4, 0.5) is 0 Å². The quantitative estimate of drug-likeness (QED) is 0.740. The van der Waals surface area contributed by atoms with Gasteiger partial charge in [0.25, 0.3) is 0 Å². The molecule has 21 heavy (non-hydrogen) atoms. The van der Waals surface area contributed by atoms with Gasteiger partial charge in [-0.2, -0.15) is 10.2 Å². The van der Waals surface area contributed by atoms with Crippen molar-refractivity contribution in [3.63, 3.8) is 0 Å². The molecular weight excluding hydrogens is 268 g/mol. The van der Waals surface area contributed by atoms with Crippen LogP contribution in [0.3, 0.4) is 0 Å². The number of methoxy groups -OCH3 is 1. The number of nitrogens with zero attached hydrogens (tertiary/aromatic N) is 3. The maximum Gasteiger partial charge on any atom is 0.162 e. The summed E-state index contributed by atoms with van der Waals surface area (Å²) >= 11 is 0. The average Bonchev–Trinajstić information content (AvgIpc) is 2.96. The van der Waals surface area contributed by atoms with Crippen molar-refractivity contribution in [1.29, 1.82) is 0 Å². The molecule has 6 heteroatoms. The Kier molecular flexibility index (Phi) is 3.39. The van der Waals surface area contributed by atoms with E-state index in [1.165, 1.54) is 0 Å². The van der Waals surface area contributed by atoms with E-state index in [4.69, 9.17) is 15.9 Å². The molecule has 6 nitrogen and oxygen atoms in total. The molecule has 0 radical (unpaired) electrons. The highest BCUT2D eigenvalue weighted by molar-refractivity contribution is 5.78. The Morgan fingerprint density at radius 2 is 2.10 bits per heavy atom. The lowest BCUT2D eigenvalue weighted by atomic mass is 10.2. The van der Waals surface area contributed by atoms with Gasteiger partial charge in [-0.25, -0.2) is 4.98 Å². The molecule has 0 amide bonds. The Bertz CT molecular complexity index is 787. The Morgan fingerprint density at radius 3 is 2.86 bits per heavy atom. The fourth-order valence-electron chi connectivity index (χ4n) is 1.97. The third kappa shape index (κ3) is 2.49. The summed E-state index contributed by atoms with van der Waals surface area (Å²) in [5, 5.41) is 7.62. The number of fused-ring (bicyclic) bond motifs is 1. The lowest BCUT2D eigenvalue weighted by Crippen LogP contribution is -1.97. The standard InChI is InChI=1S/C15H12N4O2/c1-3-6-21-13-5-4-10(7-14(13)20-2)15-18-11-8-16-17-9-12(11)19-15/h1,4-5,7-9H,6H2,2H3,(H,18,19). The average molecular weight is 280 g/mol. The maximum atomic E-state index is 5.42. The predicted molar refractivity (Wildman–Crippen MR) is 78.0 cm³/mol. The fourth-order valence-corrected chi connectivity index (χ4v) is 1.97. The number of rotatable bonds is 4. The van der Waals surface area contributed by atoms with E-state index in [0.29, 0.717) is 17.3 Å². The summed E-state index contributed by atoms with van der Waals surface area (Å²) in [5.41, 5.74) is 2.45. The van der Waals surface area contributed by atoms with Crippen LogP contribution < -0.4 is 9.47 Å². The number of ether oxygens (including phenoxy) is 2. The molecule has 1 N–H and O–H groups in total. The molecule has 3 aromatic rings. The number of nitrogens with one attached hydrogen (secondary N) is 1. The van der Waals surface area contributed by atoms with Gasteiger partial charge in [-0.15, -0.1) is 6.42 Å². The number of hydrogen-bond acceptors (Lipinski definition) is 5. The van der Waals surface area contributed by atoms with Crippen molar-refractivity contribution in [1.82, 2.24) is 20.2 Å². The molecule has 0 saturated carbocycles. The lowest BCUT2D eigenvalue weighted by Gasteiger charge is -2.09. The molecule has 0 bridgehead atoms. The molecule has 0 fully saturated rings. The second-order valence-corrected chi connectivity index (χ2v) is 4.23. The number of aromatic nitrogens is 4. The minimum Gasteiger partial charge on any atom is -0.493 e. The van der Waals surface area contributed by atoms with E-state index in [1.54, 1.807) is 25.6 Å². The van der Waals surface area contributed by atoms with Gasteiger partial charge in [-0.05, 0) is 18.2 Å². The number of terminal acetylenes is 1. The SMILES string of the molecule is C#CCOc1ccc(-c2nc3cnncc3[nH]2)cc1OC. The summed E-state index contributed by atoms with van der Waals surface area (Å²) in [7, 11) is 1.58. The Balaban J connectivity index is 2.00. The van der Waals surface area contributed by atoms with Crippen molar-refractivity contribution in [2.24, 2.45) is 0 Å². The summed E-state index contributed by atoms with van der Waals surface area (Å²) < 4.78 is 10.7. The van der Waals surface area contributed by atoms with Crippen LogP contribution in [0.25, 0.3) is 22.4 Å². The molecule has 0 spiro atoms. The molecule has 0 aliphatic rings. The Hall–Kier alpha value is -3.07. The van der Waals surface area contributed by atoms with Crippen LogP contribution in [0, 0.1) is 12.3 Å². The van der Waals surface area contributed by atoms with Gasteiger partial charge in [0.1, 0.15) is 17.9 Å². The van der Waals surface area contributed by atoms with Crippen molar-refractivity contribution < 1.29 is 9.47 Å². The Labute approximate surface area is 121 Å². The second-order valence-electron chi connectivity index (χ2n) is 4.23.